The molecule has 1 amide bonds. The van der Waals surface area contributed by atoms with Gasteiger partial charge in [-0.15, -0.1) is 11.8 Å². The van der Waals surface area contributed by atoms with Gasteiger partial charge in [0.05, 0.1) is 11.9 Å². The molecule has 1 aliphatic rings. The Morgan fingerprint density at radius 1 is 1.30 bits per heavy atom. The SMILES string of the molecule is CC(C)CN1C(=O)CSC1c1cnccc1Oc1cccnc1. The number of carbonyl (C=O) groups is 1. The zero-order valence-corrected chi connectivity index (χ0v) is 14.0. The van der Waals surface area contributed by atoms with Gasteiger partial charge in [0.1, 0.15) is 16.9 Å². The Labute approximate surface area is 140 Å². The molecule has 6 heteroatoms. The van der Waals surface area contributed by atoms with E-state index in [-0.39, 0.29) is 11.3 Å². The summed E-state index contributed by atoms with van der Waals surface area (Å²) in [5.41, 5.74) is 0.924. The lowest BCUT2D eigenvalue weighted by Gasteiger charge is -2.26. The van der Waals surface area contributed by atoms with Crippen molar-refractivity contribution in [1.29, 1.82) is 0 Å². The van der Waals surface area contributed by atoms with E-state index in [4.69, 9.17) is 4.74 Å². The summed E-state index contributed by atoms with van der Waals surface area (Å²) in [6, 6.07) is 5.52. The second kappa shape index (κ2) is 7.00. The van der Waals surface area contributed by atoms with E-state index in [1.165, 1.54) is 0 Å². The average Bonchev–Trinajstić information content (AvgIpc) is 2.89. The summed E-state index contributed by atoms with van der Waals surface area (Å²) in [7, 11) is 0. The number of nitrogens with zero attached hydrogens (tertiary/aromatic N) is 3. The smallest absolute Gasteiger partial charge is 0.233 e. The van der Waals surface area contributed by atoms with E-state index in [0.29, 0.717) is 23.2 Å². The Balaban J connectivity index is 1.89. The predicted octanol–water partition coefficient (Wildman–Crippen LogP) is 3.50. The molecule has 0 aromatic carbocycles. The highest BCUT2D eigenvalue weighted by Gasteiger charge is 2.35. The van der Waals surface area contributed by atoms with Crippen molar-refractivity contribution < 1.29 is 9.53 Å². The summed E-state index contributed by atoms with van der Waals surface area (Å²) in [6.07, 6.45) is 6.86. The molecular formula is C17H19N3O2S. The van der Waals surface area contributed by atoms with Crippen molar-refractivity contribution in [2.45, 2.75) is 19.2 Å². The molecule has 3 heterocycles. The van der Waals surface area contributed by atoms with Crippen LogP contribution in [0.25, 0.3) is 0 Å². The molecule has 5 nitrogen and oxygen atoms in total. The Hall–Kier alpha value is -2.08. The van der Waals surface area contributed by atoms with Crippen LogP contribution in [0.1, 0.15) is 24.8 Å². The van der Waals surface area contributed by atoms with Crippen LogP contribution in [0.2, 0.25) is 0 Å². The quantitative estimate of drug-likeness (QED) is 0.840. The van der Waals surface area contributed by atoms with Crippen molar-refractivity contribution in [3.05, 3.63) is 48.5 Å². The second-order valence-corrected chi connectivity index (χ2v) is 6.88. The van der Waals surface area contributed by atoms with Gasteiger partial charge in [0, 0.05) is 30.7 Å². The van der Waals surface area contributed by atoms with Gasteiger partial charge in [-0.05, 0) is 24.1 Å². The Morgan fingerprint density at radius 3 is 2.87 bits per heavy atom. The van der Waals surface area contributed by atoms with Crippen LogP contribution in [0.15, 0.2) is 43.0 Å². The highest BCUT2D eigenvalue weighted by atomic mass is 32.2. The zero-order chi connectivity index (χ0) is 16.2. The number of hydrogen-bond acceptors (Lipinski definition) is 5. The number of ether oxygens (including phenoxy) is 1. The molecule has 0 N–H and O–H groups in total. The van der Waals surface area contributed by atoms with Crippen LogP contribution in [0.4, 0.5) is 0 Å². The van der Waals surface area contributed by atoms with Gasteiger partial charge in [-0.3, -0.25) is 14.8 Å². The average molecular weight is 329 g/mol. The Bertz CT molecular complexity index is 679. The topological polar surface area (TPSA) is 55.3 Å². The lowest BCUT2D eigenvalue weighted by molar-refractivity contribution is -0.128. The molecular weight excluding hydrogens is 310 g/mol. The van der Waals surface area contributed by atoms with Crippen molar-refractivity contribution in [1.82, 2.24) is 14.9 Å². The van der Waals surface area contributed by atoms with Crippen molar-refractivity contribution in [2.24, 2.45) is 5.92 Å². The summed E-state index contributed by atoms with van der Waals surface area (Å²) in [6.45, 7) is 4.96. The van der Waals surface area contributed by atoms with Crippen molar-refractivity contribution in [3.8, 4) is 11.5 Å². The molecule has 1 atom stereocenters. The number of thioether (sulfide) groups is 1. The molecule has 23 heavy (non-hydrogen) atoms. The number of amides is 1. The van der Waals surface area contributed by atoms with Gasteiger partial charge < -0.3 is 9.64 Å². The number of carbonyl (C=O) groups excluding carboxylic acids is 1. The van der Waals surface area contributed by atoms with E-state index in [2.05, 4.69) is 23.8 Å². The van der Waals surface area contributed by atoms with Crippen LogP contribution in [0.3, 0.4) is 0 Å². The highest BCUT2D eigenvalue weighted by Crippen LogP contribution is 2.43. The van der Waals surface area contributed by atoms with Gasteiger partial charge in [0.15, 0.2) is 0 Å². The maximum atomic E-state index is 12.2. The fourth-order valence-electron chi connectivity index (χ4n) is 2.51. The predicted molar refractivity (Wildman–Crippen MR) is 90.3 cm³/mol. The Kier molecular flexibility index (Phi) is 4.81. The van der Waals surface area contributed by atoms with Gasteiger partial charge in [-0.25, -0.2) is 0 Å². The van der Waals surface area contributed by atoms with Crippen LogP contribution in [-0.4, -0.2) is 33.1 Å². The molecule has 3 rings (SSSR count). The number of rotatable bonds is 5. The number of aromatic nitrogens is 2. The maximum absolute atomic E-state index is 12.2. The van der Waals surface area contributed by atoms with Crippen LogP contribution in [0.5, 0.6) is 11.5 Å². The van der Waals surface area contributed by atoms with Crippen LogP contribution in [0, 0.1) is 5.92 Å². The van der Waals surface area contributed by atoms with Crippen molar-refractivity contribution in [3.63, 3.8) is 0 Å². The van der Waals surface area contributed by atoms with Crippen LogP contribution < -0.4 is 4.74 Å². The molecule has 0 aliphatic carbocycles. The molecule has 2 aromatic rings. The summed E-state index contributed by atoms with van der Waals surface area (Å²) < 4.78 is 5.96. The first-order valence-corrected chi connectivity index (χ1v) is 8.63. The molecule has 1 unspecified atom stereocenters. The maximum Gasteiger partial charge on any atom is 0.233 e. The lowest BCUT2D eigenvalue weighted by atomic mass is 10.1. The molecule has 120 valence electrons. The normalized spacial score (nSPS) is 17.8. The van der Waals surface area contributed by atoms with Gasteiger partial charge in [-0.1, -0.05) is 13.8 Å². The van der Waals surface area contributed by atoms with E-state index < -0.39 is 0 Å². The second-order valence-electron chi connectivity index (χ2n) is 5.81. The zero-order valence-electron chi connectivity index (χ0n) is 13.2. The lowest BCUT2D eigenvalue weighted by Crippen LogP contribution is -2.31. The molecule has 1 saturated heterocycles. The standard InChI is InChI=1S/C17H19N3O2S/c1-12(2)10-20-16(21)11-23-17(20)14-9-19-7-5-15(14)22-13-4-3-6-18-8-13/h3-9,12,17H,10-11H2,1-2H3. The Morgan fingerprint density at radius 2 is 2.13 bits per heavy atom. The van der Waals surface area contributed by atoms with Crippen LogP contribution >= 0.6 is 11.8 Å². The van der Waals surface area contributed by atoms with Crippen molar-refractivity contribution in [2.75, 3.05) is 12.3 Å². The van der Waals surface area contributed by atoms with E-state index in [1.54, 1.807) is 36.5 Å². The van der Waals surface area contributed by atoms with E-state index in [1.807, 2.05) is 23.1 Å². The third-order valence-corrected chi connectivity index (χ3v) is 4.71. The summed E-state index contributed by atoms with van der Waals surface area (Å²) in [4.78, 5) is 22.4. The van der Waals surface area contributed by atoms with Gasteiger partial charge in [-0.2, -0.15) is 0 Å². The highest BCUT2D eigenvalue weighted by molar-refractivity contribution is 8.00. The molecule has 1 aliphatic heterocycles. The van der Waals surface area contributed by atoms with E-state index in [0.717, 1.165) is 12.1 Å². The fourth-order valence-corrected chi connectivity index (χ4v) is 3.72. The molecule has 1 fully saturated rings. The third-order valence-electron chi connectivity index (χ3n) is 3.47. The van der Waals surface area contributed by atoms with Gasteiger partial charge in [0.25, 0.3) is 0 Å². The fraction of sp³-hybridized carbons (Fsp3) is 0.353. The van der Waals surface area contributed by atoms with Crippen molar-refractivity contribution >= 4 is 17.7 Å². The molecule has 0 bridgehead atoms. The molecule has 0 spiro atoms. The molecule has 0 saturated carbocycles. The number of hydrogen-bond donors (Lipinski definition) is 0. The first-order chi connectivity index (χ1) is 11.1. The summed E-state index contributed by atoms with van der Waals surface area (Å²) in [5.74, 6) is 2.47. The largest absolute Gasteiger partial charge is 0.455 e. The van der Waals surface area contributed by atoms with Crippen LogP contribution in [-0.2, 0) is 4.79 Å². The minimum atomic E-state index is -0.0507. The molecule has 0 radical (unpaired) electrons. The summed E-state index contributed by atoms with van der Waals surface area (Å²) in [5, 5.41) is -0.0507. The third kappa shape index (κ3) is 3.64. The van der Waals surface area contributed by atoms with Gasteiger partial charge >= 0.3 is 0 Å². The van der Waals surface area contributed by atoms with E-state index in [9.17, 15) is 4.79 Å². The first kappa shape index (κ1) is 15.8. The number of pyridine rings is 2. The minimum absolute atomic E-state index is 0.0507. The summed E-state index contributed by atoms with van der Waals surface area (Å²) >= 11 is 1.62. The van der Waals surface area contributed by atoms with Gasteiger partial charge in [0.2, 0.25) is 5.91 Å². The molecule has 2 aromatic heterocycles. The van der Waals surface area contributed by atoms with E-state index >= 15 is 0 Å². The minimum Gasteiger partial charge on any atom is -0.455 e. The monoisotopic (exact) mass is 329 g/mol. The first-order valence-electron chi connectivity index (χ1n) is 7.58.